The molecule has 0 atom stereocenters. The van der Waals surface area contributed by atoms with Gasteiger partial charge in [0.2, 0.25) is 10.0 Å². The maximum absolute atomic E-state index is 11.2. The van der Waals surface area contributed by atoms with Gasteiger partial charge in [-0.15, -0.1) is 10.2 Å². The second kappa shape index (κ2) is 7.12. The molecular weight excluding hydrogens is 348 g/mol. The Balaban J connectivity index is 1.50. The summed E-state index contributed by atoms with van der Waals surface area (Å²) in [4.78, 5) is 0.0767. The van der Waals surface area contributed by atoms with Crippen LogP contribution in [0.2, 0.25) is 0 Å². The van der Waals surface area contributed by atoms with Gasteiger partial charge in [-0.25, -0.2) is 13.6 Å². The summed E-state index contributed by atoms with van der Waals surface area (Å²) in [6, 6.07) is 6.08. The molecule has 7 nitrogen and oxygen atoms in total. The van der Waals surface area contributed by atoms with Crippen molar-refractivity contribution in [1.29, 1.82) is 0 Å². The van der Waals surface area contributed by atoms with E-state index in [0.717, 1.165) is 23.3 Å². The van der Waals surface area contributed by atoms with Gasteiger partial charge in [0.25, 0.3) is 0 Å². The van der Waals surface area contributed by atoms with Crippen molar-refractivity contribution in [3.05, 3.63) is 30.1 Å². The van der Waals surface area contributed by atoms with Crippen molar-refractivity contribution in [1.82, 2.24) is 14.8 Å². The van der Waals surface area contributed by atoms with Crippen LogP contribution in [0.25, 0.3) is 0 Å². The summed E-state index contributed by atoms with van der Waals surface area (Å²) in [5.74, 6) is 3.03. The Morgan fingerprint density at radius 2 is 2.00 bits per heavy atom. The average Bonchev–Trinajstić information content (AvgIpc) is 3.31. The van der Waals surface area contributed by atoms with E-state index >= 15 is 0 Å². The number of hydrogen-bond donors (Lipinski definition) is 1. The molecule has 0 aliphatic heterocycles. The molecule has 24 heavy (non-hydrogen) atoms. The molecule has 1 aliphatic carbocycles. The largest absolute Gasteiger partial charge is 0.493 e. The number of primary sulfonamides is 1. The van der Waals surface area contributed by atoms with Gasteiger partial charge in [0.05, 0.1) is 11.5 Å². The van der Waals surface area contributed by atoms with Crippen LogP contribution in [-0.4, -0.2) is 35.5 Å². The minimum absolute atomic E-state index is 0.0767. The van der Waals surface area contributed by atoms with Crippen LogP contribution in [0.15, 0.2) is 34.3 Å². The standard InChI is InChI=1S/C15H20N4O3S2/c1-2-19-14(11-3-4-11)17-18-15(19)23-10-9-22-12-5-7-13(8-6-12)24(16,20)21/h5-8,11H,2-4,9-10H2,1H3,(H2,16,20,21). The molecule has 1 fully saturated rings. The van der Waals surface area contributed by atoms with Crippen molar-refractivity contribution in [3.63, 3.8) is 0 Å². The molecule has 0 amide bonds. The highest BCUT2D eigenvalue weighted by atomic mass is 32.2. The molecule has 2 N–H and O–H groups in total. The maximum atomic E-state index is 11.2. The summed E-state index contributed by atoms with van der Waals surface area (Å²) in [6.45, 7) is 3.47. The Morgan fingerprint density at radius 3 is 2.58 bits per heavy atom. The first-order chi connectivity index (χ1) is 11.5. The van der Waals surface area contributed by atoms with Crippen molar-refractivity contribution >= 4 is 21.8 Å². The highest BCUT2D eigenvalue weighted by Crippen LogP contribution is 2.39. The fraction of sp³-hybridized carbons (Fsp3) is 0.467. The van der Waals surface area contributed by atoms with Crippen LogP contribution >= 0.6 is 11.8 Å². The van der Waals surface area contributed by atoms with Gasteiger partial charge in [-0.1, -0.05) is 11.8 Å². The lowest BCUT2D eigenvalue weighted by molar-refractivity contribution is 0.343. The zero-order valence-corrected chi connectivity index (χ0v) is 15.0. The molecule has 1 aromatic carbocycles. The van der Waals surface area contributed by atoms with Gasteiger partial charge >= 0.3 is 0 Å². The summed E-state index contributed by atoms with van der Waals surface area (Å²) in [5, 5.41) is 14.6. The first-order valence-electron chi connectivity index (χ1n) is 7.80. The Hall–Kier alpha value is -1.58. The summed E-state index contributed by atoms with van der Waals surface area (Å²) in [7, 11) is -3.67. The summed E-state index contributed by atoms with van der Waals surface area (Å²) < 4.78 is 30.2. The number of sulfonamides is 1. The molecule has 1 saturated carbocycles. The van der Waals surface area contributed by atoms with E-state index in [1.54, 1.807) is 23.9 Å². The molecule has 9 heteroatoms. The molecule has 1 heterocycles. The second-order valence-electron chi connectivity index (χ2n) is 5.57. The van der Waals surface area contributed by atoms with Crippen molar-refractivity contribution in [2.75, 3.05) is 12.4 Å². The molecule has 0 bridgehead atoms. The number of hydrogen-bond acceptors (Lipinski definition) is 6. The van der Waals surface area contributed by atoms with Crippen LogP contribution in [0.4, 0.5) is 0 Å². The summed E-state index contributed by atoms with van der Waals surface area (Å²) >= 11 is 1.61. The zero-order chi connectivity index (χ0) is 17.2. The predicted octanol–water partition coefficient (Wildman–Crippen LogP) is 1.99. The van der Waals surface area contributed by atoms with E-state index in [9.17, 15) is 8.42 Å². The zero-order valence-electron chi connectivity index (χ0n) is 13.4. The number of rotatable bonds is 8. The average molecular weight is 368 g/mol. The normalized spacial score (nSPS) is 14.8. The van der Waals surface area contributed by atoms with E-state index < -0.39 is 10.0 Å². The SMILES string of the molecule is CCn1c(SCCOc2ccc(S(N)(=O)=O)cc2)nnc1C1CC1. The quantitative estimate of drug-likeness (QED) is 0.565. The van der Waals surface area contributed by atoms with E-state index in [4.69, 9.17) is 9.88 Å². The number of nitrogens with zero attached hydrogens (tertiary/aromatic N) is 3. The van der Waals surface area contributed by atoms with Gasteiger partial charge < -0.3 is 9.30 Å². The predicted molar refractivity (Wildman–Crippen MR) is 91.7 cm³/mol. The Morgan fingerprint density at radius 1 is 1.29 bits per heavy atom. The number of aromatic nitrogens is 3. The fourth-order valence-corrected chi connectivity index (χ4v) is 3.71. The van der Waals surface area contributed by atoms with Gasteiger partial charge in [-0.2, -0.15) is 0 Å². The molecule has 3 rings (SSSR count). The van der Waals surface area contributed by atoms with Crippen LogP contribution in [0.1, 0.15) is 31.5 Å². The van der Waals surface area contributed by atoms with Crippen LogP contribution in [0.3, 0.4) is 0 Å². The van der Waals surface area contributed by atoms with Crippen LogP contribution in [0.5, 0.6) is 5.75 Å². The number of nitrogens with two attached hydrogens (primary N) is 1. The summed E-state index contributed by atoms with van der Waals surface area (Å²) in [6.07, 6.45) is 2.42. The van der Waals surface area contributed by atoms with E-state index in [-0.39, 0.29) is 4.90 Å². The monoisotopic (exact) mass is 368 g/mol. The van der Waals surface area contributed by atoms with E-state index in [1.165, 1.54) is 25.0 Å². The Labute approximate surface area is 145 Å². The third-order valence-electron chi connectivity index (χ3n) is 3.74. The molecule has 1 aromatic heterocycles. The van der Waals surface area contributed by atoms with E-state index in [0.29, 0.717) is 18.3 Å². The molecular formula is C15H20N4O3S2. The molecule has 130 valence electrons. The topological polar surface area (TPSA) is 100 Å². The highest BCUT2D eigenvalue weighted by molar-refractivity contribution is 7.99. The van der Waals surface area contributed by atoms with Crippen LogP contribution < -0.4 is 9.88 Å². The fourth-order valence-electron chi connectivity index (χ4n) is 2.37. The second-order valence-corrected chi connectivity index (χ2v) is 8.20. The van der Waals surface area contributed by atoms with E-state index in [1.807, 2.05) is 0 Å². The highest BCUT2D eigenvalue weighted by Gasteiger charge is 2.29. The Bertz CT molecular complexity index is 799. The molecule has 0 radical (unpaired) electrons. The Kier molecular flexibility index (Phi) is 5.12. The third kappa shape index (κ3) is 4.08. The molecule has 0 unspecified atom stereocenters. The first kappa shape index (κ1) is 17.2. The van der Waals surface area contributed by atoms with Gasteiger partial charge in [0.1, 0.15) is 11.6 Å². The van der Waals surface area contributed by atoms with Crippen LogP contribution in [-0.2, 0) is 16.6 Å². The van der Waals surface area contributed by atoms with E-state index in [2.05, 4.69) is 21.7 Å². The minimum Gasteiger partial charge on any atom is -0.493 e. The van der Waals surface area contributed by atoms with Gasteiger partial charge in [0.15, 0.2) is 5.16 Å². The maximum Gasteiger partial charge on any atom is 0.238 e. The molecule has 0 spiro atoms. The van der Waals surface area contributed by atoms with Gasteiger partial charge in [0, 0.05) is 18.2 Å². The number of thioether (sulfide) groups is 1. The number of ether oxygens (including phenoxy) is 1. The van der Waals surface area contributed by atoms with Gasteiger partial charge in [-0.3, -0.25) is 0 Å². The van der Waals surface area contributed by atoms with Crippen molar-refractivity contribution < 1.29 is 13.2 Å². The van der Waals surface area contributed by atoms with Crippen LogP contribution in [0, 0.1) is 0 Å². The first-order valence-corrected chi connectivity index (χ1v) is 10.3. The molecule has 0 saturated heterocycles. The minimum atomic E-state index is -3.67. The molecule has 1 aliphatic rings. The summed E-state index contributed by atoms with van der Waals surface area (Å²) in [5.41, 5.74) is 0. The third-order valence-corrected chi connectivity index (χ3v) is 5.60. The van der Waals surface area contributed by atoms with Crippen molar-refractivity contribution in [2.24, 2.45) is 5.14 Å². The van der Waals surface area contributed by atoms with Crippen molar-refractivity contribution in [2.45, 2.75) is 42.3 Å². The lowest BCUT2D eigenvalue weighted by atomic mass is 10.3. The number of benzene rings is 1. The van der Waals surface area contributed by atoms with Gasteiger partial charge in [-0.05, 0) is 44.0 Å². The lowest BCUT2D eigenvalue weighted by Gasteiger charge is -2.08. The molecule has 2 aromatic rings. The van der Waals surface area contributed by atoms with Crippen molar-refractivity contribution in [3.8, 4) is 5.75 Å². The smallest absolute Gasteiger partial charge is 0.238 e. The lowest BCUT2D eigenvalue weighted by Crippen LogP contribution is -2.11.